The van der Waals surface area contributed by atoms with Crippen LogP contribution < -0.4 is 0 Å². The molecule has 0 aliphatic heterocycles. The van der Waals surface area contributed by atoms with Gasteiger partial charge in [0.15, 0.2) is 0 Å². The fraction of sp³-hybridized carbons (Fsp3) is 0.964. The molecule has 6 nitrogen and oxygen atoms in total. The highest BCUT2D eigenvalue weighted by Gasteiger charge is 1.96. The van der Waals surface area contributed by atoms with E-state index in [0.717, 1.165) is 0 Å². The molecule has 0 aromatic rings. The zero-order valence-electron chi connectivity index (χ0n) is 26.3. The zero-order valence-corrected chi connectivity index (χ0v) is 26.3. The third-order valence-corrected chi connectivity index (χ3v) is 2.52. The van der Waals surface area contributed by atoms with Crippen LogP contribution in [-0.4, -0.2) is 61.4 Å². The monoisotopic (exact) mass is 496 g/mol. The van der Waals surface area contributed by atoms with Crippen molar-refractivity contribution in [2.24, 2.45) is 0 Å². The van der Waals surface area contributed by atoms with Crippen LogP contribution in [-0.2, 0) is 28.5 Å². The number of ether oxygens (including phenoxy) is 5. The van der Waals surface area contributed by atoms with Crippen LogP contribution in [0.5, 0.6) is 0 Å². The Kier molecular flexibility index (Phi) is 38.7. The second-order valence-corrected chi connectivity index (χ2v) is 9.86. The van der Waals surface area contributed by atoms with E-state index in [1.165, 1.54) is 6.92 Å². The fourth-order valence-electron chi connectivity index (χ4n) is 2.38. The summed E-state index contributed by atoms with van der Waals surface area (Å²) in [5.41, 5.74) is 0. The largest absolute Gasteiger partial charge is 0.466 e. The number of hydrogen-bond acceptors (Lipinski definition) is 6. The molecule has 0 amide bonds. The Labute approximate surface area is 214 Å². The Morgan fingerprint density at radius 1 is 0.441 bits per heavy atom. The van der Waals surface area contributed by atoms with E-state index in [2.05, 4.69) is 4.74 Å². The molecule has 0 saturated heterocycles. The highest BCUT2D eigenvalue weighted by Crippen LogP contribution is 1.95. The van der Waals surface area contributed by atoms with Crippen molar-refractivity contribution in [2.45, 2.75) is 173 Å². The smallest absolute Gasteiger partial charge is 0.302 e. The van der Waals surface area contributed by atoms with E-state index in [-0.39, 0.29) is 5.97 Å². The van der Waals surface area contributed by atoms with Crippen LogP contribution in [0.15, 0.2) is 0 Å². The lowest BCUT2D eigenvalue weighted by molar-refractivity contribution is -0.140. The molecule has 0 bridgehead atoms. The topological polar surface area (TPSA) is 63.2 Å². The predicted octanol–water partition coefficient (Wildman–Crippen LogP) is 7.85. The van der Waals surface area contributed by atoms with Crippen LogP contribution in [0.25, 0.3) is 0 Å². The van der Waals surface area contributed by atoms with Gasteiger partial charge in [-0.3, -0.25) is 4.79 Å². The third kappa shape index (κ3) is 85.8. The highest BCUT2D eigenvalue weighted by molar-refractivity contribution is 5.65. The summed E-state index contributed by atoms with van der Waals surface area (Å²) in [5.74, 6) is -0.211. The summed E-state index contributed by atoms with van der Waals surface area (Å²) in [6, 6.07) is 0. The van der Waals surface area contributed by atoms with E-state index in [0.29, 0.717) is 55.4 Å². The normalized spacial score (nSPS) is 10.5. The first-order valence-electron chi connectivity index (χ1n) is 13.0. The summed E-state index contributed by atoms with van der Waals surface area (Å²) in [6.07, 6.45) is 3.00. The average molecular weight is 497 g/mol. The maximum absolute atomic E-state index is 9.82. The van der Waals surface area contributed by atoms with E-state index in [4.69, 9.17) is 18.9 Å². The second kappa shape index (κ2) is 30.3. The quantitative estimate of drug-likeness (QED) is 0.303. The van der Waals surface area contributed by atoms with Gasteiger partial charge in [-0.15, -0.1) is 0 Å². The molecule has 0 N–H and O–H groups in total. The fourth-order valence-corrected chi connectivity index (χ4v) is 2.38. The van der Waals surface area contributed by atoms with Crippen molar-refractivity contribution in [1.29, 1.82) is 0 Å². The number of carbonyl (C=O) groups excluding carboxylic acids is 1. The molecule has 0 radical (unpaired) electrons. The Morgan fingerprint density at radius 2 is 0.588 bits per heavy atom. The van der Waals surface area contributed by atoms with Crippen molar-refractivity contribution < 1.29 is 28.5 Å². The predicted molar refractivity (Wildman–Crippen MR) is 148 cm³/mol. The van der Waals surface area contributed by atoms with Crippen LogP contribution in [0, 0.1) is 0 Å². The van der Waals surface area contributed by atoms with Gasteiger partial charge in [0, 0.05) is 6.92 Å². The van der Waals surface area contributed by atoms with Crippen molar-refractivity contribution >= 4 is 5.97 Å². The van der Waals surface area contributed by atoms with Gasteiger partial charge >= 0.3 is 5.97 Å². The first-order valence-corrected chi connectivity index (χ1v) is 13.0. The SMILES string of the molecule is CC(C)OC(C)C.CC(C)OC(C)C.CC(C)OC(C)C.CC(C)OC(C)C.CCOC(C)=O. The highest BCUT2D eigenvalue weighted by atomic mass is 16.5. The van der Waals surface area contributed by atoms with E-state index in [9.17, 15) is 4.79 Å². The van der Waals surface area contributed by atoms with Gasteiger partial charge in [-0.05, 0) is 118 Å². The molecule has 0 spiro atoms. The molecule has 34 heavy (non-hydrogen) atoms. The lowest BCUT2D eigenvalue weighted by atomic mass is 10.4. The molecule has 0 saturated carbocycles. The second-order valence-electron chi connectivity index (χ2n) is 9.86. The minimum absolute atomic E-state index is 0.211. The molecule has 0 rings (SSSR count). The Bertz CT molecular complexity index is 295. The van der Waals surface area contributed by atoms with Gasteiger partial charge in [0.2, 0.25) is 0 Å². The van der Waals surface area contributed by atoms with Gasteiger partial charge in [-0.2, -0.15) is 0 Å². The minimum atomic E-state index is -0.211. The minimum Gasteiger partial charge on any atom is -0.466 e. The molecule has 0 fully saturated rings. The van der Waals surface area contributed by atoms with Crippen molar-refractivity contribution in [3.8, 4) is 0 Å². The van der Waals surface area contributed by atoms with Crippen LogP contribution in [0.3, 0.4) is 0 Å². The molecule has 6 heteroatoms. The molecule has 0 unspecified atom stereocenters. The van der Waals surface area contributed by atoms with E-state index < -0.39 is 0 Å². The molecule has 0 aromatic heterocycles. The van der Waals surface area contributed by atoms with Crippen molar-refractivity contribution in [3.05, 3.63) is 0 Å². The van der Waals surface area contributed by atoms with Crippen LogP contribution in [0.1, 0.15) is 125 Å². The Balaban J connectivity index is -0.000000103. The number of rotatable bonds is 9. The third-order valence-electron chi connectivity index (χ3n) is 2.52. The summed E-state index contributed by atoms with van der Waals surface area (Å²) in [4.78, 5) is 9.82. The van der Waals surface area contributed by atoms with Gasteiger partial charge in [-0.25, -0.2) is 0 Å². The van der Waals surface area contributed by atoms with E-state index in [1.54, 1.807) is 6.92 Å². The molecule has 0 aliphatic rings. The maximum atomic E-state index is 9.82. The molecule has 0 aliphatic carbocycles. The summed E-state index contributed by atoms with van der Waals surface area (Å²) < 4.78 is 25.4. The van der Waals surface area contributed by atoms with Crippen molar-refractivity contribution in [2.75, 3.05) is 6.61 Å². The molecular formula is C28H64O6. The number of hydrogen-bond donors (Lipinski definition) is 0. The maximum Gasteiger partial charge on any atom is 0.302 e. The number of esters is 1. The van der Waals surface area contributed by atoms with Gasteiger partial charge in [0.1, 0.15) is 0 Å². The lowest BCUT2D eigenvalue weighted by Crippen LogP contribution is -2.09. The lowest BCUT2D eigenvalue weighted by Gasteiger charge is -2.09. The van der Waals surface area contributed by atoms with Crippen LogP contribution in [0.4, 0.5) is 0 Å². The Hall–Kier alpha value is -0.690. The molecular weight excluding hydrogens is 432 g/mol. The van der Waals surface area contributed by atoms with Crippen molar-refractivity contribution in [1.82, 2.24) is 0 Å². The van der Waals surface area contributed by atoms with Crippen molar-refractivity contribution in [3.63, 3.8) is 0 Å². The van der Waals surface area contributed by atoms with Crippen LogP contribution >= 0.6 is 0 Å². The first-order chi connectivity index (χ1) is 15.3. The van der Waals surface area contributed by atoms with Crippen LogP contribution in [0.2, 0.25) is 0 Å². The summed E-state index contributed by atoms with van der Waals surface area (Å²) in [5, 5.41) is 0. The Morgan fingerprint density at radius 3 is 0.588 bits per heavy atom. The van der Waals surface area contributed by atoms with E-state index >= 15 is 0 Å². The average Bonchev–Trinajstić information content (AvgIpc) is 2.51. The first kappa shape index (κ1) is 43.4. The number of carbonyl (C=O) groups is 1. The molecule has 0 heterocycles. The molecule has 212 valence electrons. The molecule has 0 aromatic carbocycles. The standard InChI is InChI=1S/4C6H14O.C4H8O2/c4*1-5(2)7-6(3)4;1-3-6-4(2)5/h4*5-6H,1-4H3;3H2,1-2H3. The van der Waals surface area contributed by atoms with Gasteiger partial charge in [-0.1, -0.05) is 0 Å². The summed E-state index contributed by atoms with van der Waals surface area (Å²) in [6.45, 7) is 36.3. The van der Waals surface area contributed by atoms with Gasteiger partial charge < -0.3 is 23.7 Å². The zero-order chi connectivity index (χ0) is 28.4. The van der Waals surface area contributed by atoms with E-state index in [1.807, 2.05) is 111 Å². The van der Waals surface area contributed by atoms with Gasteiger partial charge in [0.05, 0.1) is 55.4 Å². The molecule has 0 atom stereocenters. The summed E-state index contributed by atoms with van der Waals surface area (Å²) >= 11 is 0. The summed E-state index contributed by atoms with van der Waals surface area (Å²) in [7, 11) is 0. The van der Waals surface area contributed by atoms with Gasteiger partial charge in [0.25, 0.3) is 0 Å².